The third-order valence-electron chi connectivity index (χ3n) is 4.32. The van der Waals surface area contributed by atoms with Crippen molar-refractivity contribution in [1.29, 1.82) is 0 Å². The molecule has 0 radical (unpaired) electrons. The molecule has 0 aromatic carbocycles. The lowest BCUT2D eigenvalue weighted by Gasteiger charge is -2.22. The predicted molar refractivity (Wildman–Crippen MR) is 90.1 cm³/mol. The monoisotopic (exact) mass is 305 g/mol. The molecule has 0 saturated carbocycles. The minimum atomic E-state index is 0.378. The lowest BCUT2D eigenvalue weighted by Crippen LogP contribution is -2.34. The third kappa shape index (κ3) is 2.58. The maximum atomic E-state index is 5.92. The van der Waals surface area contributed by atoms with Crippen LogP contribution in [0.4, 0.5) is 11.8 Å². The van der Waals surface area contributed by atoms with Gasteiger partial charge in [-0.15, -0.1) is 11.3 Å². The predicted octanol–water partition coefficient (Wildman–Crippen LogP) is 2.22. The lowest BCUT2D eigenvalue weighted by molar-refractivity contribution is 0.266. The summed E-state index contributed by atoms with van der Waals surface area (Å²) in [4.78, 5) is 15.9. The van der Waals surface area contributed by atoms with Crippen molar-refractivity contribution in [3.63, 3.8) is 0 Å². The Morgan fingerprint density at radius 1 is 1.38 bits per heavy atom. The molecular weight excluding hydrogens is 282 g/mol. The zero-order valence-corrected chi connectivity index (χ0v) is 13.9. The van der Waals surface area contributed by atoms with Gasteiger partial charge in [-0.2, -0.15) is 4.98 Å². The third-order valence-corrected chi connectivity index (χ3v) is 5.50. The number of aryl methyl sites for hydroxylation is 1. The summed E-state index contributed by atoms with van der Waals surface area (Å²) in [6.07, 6.45) is 1.02. The summed E-state index contributed by atoms with van der Waals surface area (Å²) in [5.74, 6) is 2.00. The van der Waals surface area contributed by atoms with Crippen LogP contribution in [0.15, 0.2) is 6.07 Å². The molecule has 5 nitrogen and oxygen atoms in total. The number of nitrogen functional groups attached to an aromatic ring is 1. The second kappa shape index (κ2) is 5.42. The van der Waals surface area contributed by atoms with E-state index in [0.29, 0.717) is 17.9 Å². The fourth-order valence-corrected chi connectivity index (χ4v) is 4.15. The number of nitrogens with two attached hydrogens (primary N) is 1. The molecule has 1 aliphatic heterocycles. The van der Waals surface area contributed by atoms with E-state index in [0.717, 1.165) is 35.5 Å². The van der Waals surface area contributed by atoms with Crippen LogP contribution in [-0.2, 0) is 6.42 Å². The first-order chi connectivity index (χ1) is 9.99. The highest BCUT2D eigenvalue weighted by atomic mass is 32.1. The molecule has 21 heavy (non-hydrogen) atoms. The van der Waals surface area contributed by atoms with Gasteiger partial charge in [-0.3, -0.25) is 0 Å². The zero-order valence-electron chi connectivity index (χ0n) is 13.1. The van der Waals surface area contributed by atoms with Gasteiger partial charge >= 0.3 is 0 Å². The van der Waals surface area contributed by atoms with E-state index in [-0.39, 0.29) is 0 Å². The van der Waals surface area contributed by atoms with Crippen LogP contribution in [0.3, 0.4) is 0 Å². The average Bonchev–Trinajstić information content (AvgIpc) is 3.00. The highest BCUT2D eigenvalue weighted by molar-refractivity contribution is 7.18. The van der Waals surface area contributed by atoms with Crippen molar-refractivity contribution in [3.05, 3.63) is 10.9 Å². The molecule has 114 valence electrons. The Balaban J connectivity index is 2.02. The maximum Gasteiger partial charge on any atom is 0.223 e. The van der Waals surface area contributed by atoms with Crippen LogP contribution >= 0.6 is 11.3 Å². The van der Waals surface area contributed by atoms with Gasteiger partial charge in [-0.05, 0) is 32.5 Å². The maximum absolute atomic E-state index is 5.92. The summed E-state index contributed by atoms with van der Waals surface area (Å²) in [6, 6.07) is 2.78. The van der Waals surface area contributed by atoms with Gasteiger partial charge in [0.15, 0.2) is 0 Å². The quantitative estimate of drug-likeness (QED) is 0.942. The van der Waals surface area contributed by atoms with Gasteiger partial charge in [-0.1, -0.05) is 13.8 Å². The largest absolute Gasteiger partial charge is 0.368 e. The van der Waals surface area contributed by atoms with Crippen LogP contribution < -0.4 is 10.6 Å². The van der Waals surface area contributed by atoms with Crippen molar-refractivity contribution in [2.24, 2.45) is 5.92 Å². The number of hydrogen-bond donors (Lipinski definition) is 1. The van der Waals surface area contributed by atoms with Crippen molar-refractivity contribution < 1.29 is 0 Å². The highest BCUT2D eigenvalue weighted by Gasteiger charge is 2.32. The Kier molecular flexibility index (Phi) is 3.75. The number of hydrogen-bond acceptors (Lipinski definition) is 6. The number of rotatable bonds is 3. The van der Waals surface area contributed by atoms with Crippen molar-refractivity contribution in [2.45, 2.75) is 26.3 Å². The molecule has 3 heterocycles. The Morgan fingerprint density at radius 2 is 2.14 bits per heavy atom. The molecule has 1 saturated heterocycles. The molecule has 3 rings (SSSR count). The van der Waals surface area contributed by atoms with E-state index in [1.165, 1.54) is 4.88 Å². The standard InChI is InChI=1S/C15H23N5S/c1-5-10-6-11-13(17-15(16)18-14(11)21-10)20-7-9(2)12(8-20)19(3)4/h6,9,12H,5,7-8H2,1-4H3,(H2,16,17,18). The summed E-state index contributed by atoms with van der Waals surface area (Å²) in [7, 11) is 4.29. The molecule has 6 heteroatoms. The zero-order chi connectivity index (χ0) is 15.1. The minimum absolute atomic E-state index is 0.378. The normalized spacial score (nSPS) is 22.6. The van der Waals surface area contributed by atoms with E-state index in [4.69, 9.17) is 5.73 Å². The highest BCUT2D eigenvalue weighted by Crippen LogP contribution is 2.34. The van der Waals surface area contributed by atoms with Gasteiger partial charge in [0.2, 0.25) is 5.95 Å². The molecular formula is C15H23N5S. The number of likely N-dealkylation sites (N-methyl/N-ethyl adjacent to an activating group) is 1. The van der Waals surface area contributed by atoms with E-state index in [2.05, 4.69) is 53.8 Å². The molecule has 0 aliphatic carbocycles. The van der Waals surface area contributed by atoms with Crippen LogP contribution in [0, 0.1) is 5.92 Å². The van der Waals surface area contributed by atoms with Gasteiger partial charge in [-0.25, -0.2) is 4.98 Å². The number of aromatic nitrogens is 2. The molecule has 2 unspecified atom stereocenters. The van der Waals surface area contributed by atoms with Crippen LogP contribution in [-0.4, -0.2) is 48.1 Å². The Labute approximate surface area is 129 Å². The lowest BCUT2D eigenvalue weighted by atomic mass is 10.1. The second-order valence-corrected chi connectivity index (χ2v) is 7.22. The summed E-state index contributed by atoms with van der Waals surface area (Å²) in [5, 5.41) is 1.15. The van der Waals surface area contributed by atoms with Gasteiger partial charge in [0.25, 0.3) is 0 Å². The fourth-order valence-electron chi connectivity index (χ4n) is 3.18. The van der Waals surface area contributed by atoms with E-state index < -0.39 is 0 Å². The van der Waals surface area contributed by atoms with Gasteiger partial charge in [0.05, 0.1) is 5.39 Å². The van der Waals surface area contributed by atoms with Crippen molar-refractivity contribution in [3.8, 4) is 0 Å². The number of fused-ring (bicyclic) bond motifs is 1. The fraction of sp³-hybridized carbons (Fsp3) is 0.600. The van der Waals surface area contributed by atoms with Crippen molar-refractivity contribution in [2.75, 3.05) is 37.8 Å². The minimum Gasteiger partial charge on any atom is -0.368 e. The number of nitrogens with zero attached hydrogens (tertiary/aromatic N) is 4. The Hall–Kier alpha value is -1.40. The van der Waals surface area contributed by atoms with Crippen LogP contribution in [0.1, 0.15) is 18.7 Å². The van der Waals surface area contributed by atoms with E-state index in [1.807, 2.05) is 0 Å². The Bertz CT molecular complexity index is 651. The first kappa shape index (κ1) is 14.5. The van der Waals surface area contributed by atoms with Crippen LogP contribution in [0.5, 0.6) is 0 Å². The molecule has 2 aromatic heterocycles. The SMILES string of the molecule is CCc1cc2c(N3CC(C)C(N(C)C)C3)nc(N)nc2s1. The Morgan fingerprint density at radius 3 is 2.76 bits per heavy atom. The van der Waals surface area contributed by atoms with Crippen molar-refractivity contribution in [1.82, 2.24) is 14.9 Å². The number of thiophene rings is 1. The molecule has 0 amide bonds. The smallest absolute Gasteiger partial charge is 0.223 e. The van der Waals surface area contributed by atoms with E-state index in [1.54, 1.807) is 11.3 Å². The molecule has 1 fully saturated rings. The molecule has 1 aliphatic rings. The van der Waals surface area contributed by atoms with Crippen LogP contribution in [0.2, 0.25) is 0 Å². The van der Waals surface area contributed by atoms with Crippen LogP contribution in [0.25, 0.3) is 10.2 Å². The summed E-state index contributed by atoms with van der Waals surface area (Å²) in [6.45, 7) is 6.49. The first-order valence-corrected chi connectivity index (χ1v) is 8.28. The van der Waals surface area contributed by atoms with Gasteiger partial charge in [0, 0.05) is 24.0 Å². The summed E-state index contributed by atoms with van der Waals surface area (Å²) < 4.78 is 0. The first-order valence-electron chi connectivity index (χ1n) is 7.47. The summed E-state index contributed by atoms with van der Waals surface area (Å²) >= 11 is 1.72. The molecule has 0 bridgehead atoms. The van der Waals surface area contributed by atoms with Gasteiger partial charge < -0.3 is 15.5 Å². The topological polar surface area (TPSA) is 58.3 Å². The van der Waals surface area contributed by atoms with Crippen molar-refractivity contribution >= 4 is 33.3 Å². The molecule has 2 N–H and O–H groups in total. The summed E-state index contributed by atoms with van der Waals surface area (Å²) in [5.41, 5.74) is 5.92. The number of anilines is 2. The van der Waals surface area contributed by atoms with Gasteiger partial charge in [0.1, 0.15) is 10.6 Å². The molecule has 2 aromatic rings. The second-order valence-electron chi connectivity index (χ2n) is 6.10. The van der Waals surface area contributed by atoms with E-state index >= 15 is 0 Å². The average molecular weight is 305 g/mol. The molecule has 0 spiro atoms. The van der Waals surface area contributed by atoms with E-state index in [9.17, 15) is 0 Å². The molecule has 2 atom stereocenters.